The molecule has 0 radical (unpaired) electrons. The van der Waals surface area contributed by atoms with E-state index in [4.69, 9.17) is 0 Å². The van der Waals surface area contributed by atoms with Gasteiger partial charge in [-0.25, -0.2) is 4.98 Å². The molecule has 1 unspecified atom stereocenters. The SMILES string of the molecule is Cc1csc(C(C)NCc2ccc(I)cc2)n1. The van der Waals surface area contributed by atoms with Crippen molar-refractivity contribution in [2.45, 2.75) is 26.4 Å². The number of halogens is 1. The molecule has 1 atom stereocenters. The molecular weight excluding hydrogens is 343 g/mol. The summed E-state index contributed by atoms with van der Waals surface area (Å²) in [5.41, 5.74) is 2.42. The third-order valence-corrected chi connectivity index (χ3v) is 4.40. The molecule has 0 saturated heterocycles. The third-order valence-electron chi connectivity index (χ3n) is 2.53. The average molecular weight is 358 g/mol. The molecule has 2 nitrogen and oxygen atoms in total. The minimum Gasteiger partial charge on any atom is -0.304 e. The normalized spacial score (nSPS) is 12.6. The zero-order valence-corrected chi connectivity index (χ0v) is 12.9. The van der Waals surface area contributed by atoms with E-state index in [1.54, 1.807) is 11.3 Å². The summed E-state index contributed by atoms with van der Waals surface area (Å²) in [7, 11) is 0. The molecule has 17 heavy (non-hydrogen) atoms. The van der Waals surface area contributed by atoms with Gasteiger partial charge in [0.15, 0.2) is 0 Å². The second-order valence-electron chi connectivity index (χ2n) is 4.06. The highest BCUT2D eigenvalue weighted by molar-refractivity contribution is 14.1. The lowest BCUT2D eigenvalue weighted by atomic mass is 10.2. The van der Waals surface area contributed by atoms with Gasteiger partial charge in [-0.1, -0.05) is 12.1 Å². The van der Waals surface area contributed by atoms with E-state index >= 15 is 0 Å². The molecule has 4 heteroatoms. The monoisotopic (exact) mass is 358 g/mol. The van der Waals surface area contributed by atoms with Crippen molar-refractivity contribution >= 4 is 33.9 Å². The van der Waals surface area contributed by atoms with E-state index in [9.17, 15) is 0 Å². The first-order valence-electron chi connectivity index (χ1n) is 5.55. The number of hydrogen-bond donors (Lipinski definition) is 1. The fourth-order valence-corrected chi connectivity index (χ4v) is 2.72. The van der Waals surface area contributed by atoms with Crippen LogP contribution in [0.1, 0.15) is 29.2 Å². The summed E-state index contributed by atoms with van der Waals surface area (Å²) < 4.78 is 1.27. The Hall–Kier alpha value is -0.460. The minimum absolute atomic E-state index is 0.313. The van der Waals surface area contributed by atoms with Crippen LogP contribution in [0, 0.1) is 10.5 Å². The van der Waals surface area contributed by atoms with Crippen LogP contribution >= 0.6 is 33.9 Å². The van der Waals surface area contributed by atoms with E-state index in [-0.39, 0.29) is 0 Å². The van der Waals surface area contributed by atoms with E-state index in [1.165, 1.54) is 9.13 Å². The number of aryl methyl sites for hydroxylation is 1. The number of hydrogen-bond acceptors (Lipinski definition) is 3. The van der Waals surface area contributed by atoms with Crippen molar-refractivity contribution < 1.29 is 0 Å². The highest BCUT2D eigenvalue weighted by Crippen LogP contribution is 2.18. The van der Waals surface area contributed by atoms with Gasteiger partial charge < -0.3 is 5.32 Å². The van der Waals surface area contributed by atoms with E-state index in [0.29, 0.717) is 6.04 Å². The smallest absolute Gasteiger partial charge is 0.110 e. The number of nitrogens with zero attached hydrogens (tertiary/aromatic N) is 1. The van der Waals surface area contributed by atoms with Crippen molar-refractivity contribution in [2.75, 3.05) is 0 Å². The van der Waals surface area contributed by atoms with E-state index in [2.05, 4.69) is 69.5 Å². The molecular formula is C13H15IN2S. The van der Waals surface area contributed by atoms with Gasteiger partial charge in [-0.3, -0.25) is 0 Å². The molecule has 2 aromatic rings. The van der Waals surface area contributed by atoms with Crippen molar-refractivity contribution in [3.05, 3.63) is 49.5 Å². The van der Waals surface area contributed by atoms with Crippen LogP contribution in [0.15, 0.2) is 29.6 Å². The number of aromatic nitrogens is 1. The number of benzene rings is 1. The molecule has 2 rings (SSSR count). The van der Waals surface area contributed by atoms with Crippen LogP contribution in [-0.2, 0) is 6.54 Å². The fraction of sp³-hybridized carbons (Fsp3) is 0.308. The topological polar surface area (TPSA) is 24.9 Å². The number of thiazole rings is 1. The van der Waals surface area contributed by atoms with E-state index < -0.39 is 0 Å². The maximum absolute atomic E-state index is 4.49. The lowest BCUT2D eigenvalue weighted by Crippen LogP contribution is -2.17. The summed E-state index contributed by atoms with van der Waals surface area (Å²) in [4.78, 5) is 4.49. The summed E-state index contributed by atoms with van der Waals surface area (Å²) >= 11 is 4.04. The number of nitrogens with one attached hydrogen (secondary N) is 1. The zero-order chi connectivity index (χ0) is 12.3. The Bertz CT molecular complexity index is 478. The van der Waals surface area contributed by atoms with E-state index in [1.807, 2.05) is 6.92 Å². The molecule has 0 aliphatic rings. The predicted octanol–water partition coefficient (Wildman–Crippen LogP) is 3.91. The molecule has 0 bridgehead atoms. The van der Waals surface area contributed by atoms with Crippen LogP contribution in [0.5, 0.6) is 0 Å². The average Bonchev–Trinajstić information content (AvgIpc) is 2.75. The van der Waals surface area contributed by atoms with Crippen LogP contribution in [0.2, 0.25) is 0 Å². The Morgan fingerprint density at radius 1 is 1.35 bits per heavy atom. The summed E-state index contributed by atoms with van der Waals surface area (Å²) in [6, 6.07) is 8.90. The first kappa shape index (κ1) is 13.0. The Kier molecular flexibility index (Phi) is 4.53. The van der Waals surface area contributed by atoms with Crippen molar-refractivity contribution in [3.63, 3.8) is 0 Å². The Morgan fingerprint density at radius 2 is 2.06 bits per heavy atom. The summed E-state index contributed by atoms with van der Waals surface area (Å²) in [6.45, 7) is 5.08. The minimum atomic E-state index is 0.313. The van der Waals surface area contributed by atoms with Gasteiger partial charge in [-0.05, 0) is 54.1 Å². The summed E-state index contributed by atoms with van der Waals surface area (Å²) in [5, 5.41) is 6.75. The van der Waals surface area contributed by atoms with Crippen molar-refractivity contribution in [3.8, 4) is 0 Å². The fourth-order valence-electron chi connectivity index (χ4n) is 1.53. The molecule has 0 amide bonds. The molecule has 0 aliphatic heterocycles. The first-order chi connectivity index (χ1) is 8.15. The Balaban J connectivity index is 1.92. The van der Waals surface area contributed by atoms with Crippen LogP contribution < -0.4 is 5.32 Å². The lowest BCUT2D eigenvalue weighted by Gasteiger charge is -2.11. The van der Waals surface area contributed by atoms with Gasteiger partial charge in [0.25, 0.3) is 0 Å². The number of rotatable bonds is 4. The lowest BCUT2D eigenvalue weighted by molar-refractivity contribution is 0.571. The molecule has 0 spiro atoms. The second-order valence-corrected chi connectivity index (χ2v) is 6.19. The molecule has 90 valence electrons. The van der Waals surface area contributed by atoms with E-state index in [0.717, 1.165) is 17.2 Å². The van der Waals surface area contributed by atoms with Crippen LogP contribution in [-0.4, -0.2) is 4.98 Å². The highest BCUT2D eigenvalue weighted by atomic mass is 127. The quantitative estimate of drug-likeness (QED) is 0.839. The molecule has 1 N–H and O–H groups in total. The molecule has 0 fully saturated rings. The molecule has 1 aromatic heterocycles. The summed E-state index contributed by atoms with van der Waals surface area (Å²) in [6.07, 6.45) is 0. The largest absolute Gasteiger partial charge is 0.304 e. The van der Waals surface area contributed by atoms with Gasteiger partial charge in [0.1, 0.15) is 5.01 Å². The van der Waals surface area contributed by atoms with Crippen molar-refractivity contribution in [1.82, 2.24) is 10.3 Å². The van der Waals surface area contributed by atoms with Gasteiger partial charge in [0.05, 0.1) is 6.04 Å². The zero-order valence-electron chi connectivity index (χ0n) is 9.90. The van der Waals surface area contributed by atoms with Crippen molar-refractivity contribution in [1.29, 1.82) is 0 Å². The molecule has 1 aromatic carbocycles. The Labute approximate surface area is 120 Å². The van der Waals surface area contributed by atoms with Gasteiger partial charge in [-0.2, -0.15) is 0 Å². The van der Waals surface area contributed by atoms with Crippen molar-refractivity contribution in [2.24, 2.45) is 0 Å². The van der Waals surface area contributed by atoms with Crippen LogP contribution in [0.25, 0.3) is 0 Å². The first-order valence-corrected chi connectivity index (χ1v) is 7.51. The highest BCUT2D eigenvalue weighted by Gasteiger charge is 2.08. The summed E-state index contributed by atoms with van der Waals surface area (Å²) in [5.74, 6) is 0. The maximum Gasteiger partial charge on any atom is 0.110 e. The standard InChI is InChI=1S/C13H15IN2S/c1-9-8-17-13(16-9)10(2)15-7-11-3-5-12(14)6-4-11/h3-6,8,10,15H,7H2,1-2H3. The van der Waals surface area contributed by atoms with Gasteiger partial charge >= 0.3 is 0 Å². The van der Waals surface area contributed by atoms with Gasteiger partial charge in [-0.15, -0.1) is 11.3 Å². The molecule has 0 aliphatic carbocycles. The third kappa shape index (κ3) is 3.76. The molecule has 1 heterocycles. The predicted molar refractivity (Wildman–Crippen MR) is 81.3 cm³/mol. The second kappa shape index (κ2) is 5.93. The molecule has 0 saturated carbocycles. The van der Waals surface area contributed by atoms with Gasteiger partial charge in [0, 0.05) is 21.2 Å². The Morgan fingerprint density at radius 3 is 2.65 bits per heavy atom. The van der Waals surface area contributed by atoms with Gasteiger partial charge in [0.2, 0.25) is 0 Å². The maximum atomic E-state index is 4.49. The van der Waals surface area contributed by atoms with Crippen LogP contribution in [0.4, 0.5) is 0 Å². The van der Waals surface area contributed by atoms with Crippen LogP contribution in [0.3, 0.4) is 0 Å².